The number of fused-ring (bicyclic) bond motifs is 1. The SMILES string of the molecule is CN(C)C(=O)c1ccc(NC(=O)COC(=O)c2cn(Cc3ccccc3)c3ccccc23)cc1. The molecule has 0 bridgehead atoms. The normalized spacial score (nSPS) is 10.6. The van der Waals surface area contributed by atoms with E-state index in [2.05, 4.69) is 5.32 Å². The Morgan fingerprint density at radius 2 is 1.56 bits per heavy atom. The number of carbonyl (C=O) groups is 3. The zero-order chi connectivity index (χ0) is 24.1. The molecule has 0 saturated heterocycles. The monoisotopic (exact) mass is 455 g/mol. The average Bonchev–Trinajstić information content (AvgIpc) is 3.21. The van der Waals surface area contributed by atoms with Crippen LogP contribution < -0.4 is 5.32 Å². The van der Waals surface area contributed by atoms with E-state index in [-0.39, 0.29) is 5.91 Å². The number of benzene rings is 3. The highest BCUT2D eigenvalue weighted by atomic mass is 16.5. The zero-order valence-electron chi connectivity index (χ0n) is 19.0. The van der Waals surface area contributed by atoms with Crippen molar-refractivity contribution in [1.29, 1.82) is 0 Å². The molecule has 0 unspecified atom stereocenters. The Hall–Kier alpha value is -4.39. The molecule has 0 spiro atoms. The van der Waals surface area contributed by atoms with Gasteiger partial charge in [0.15, 0.2) is 6.61 Å². The summed E-state index contributed by atoms with van der Waals surface area (Å²) in [5.74, 6) is -1.16. The van der Waals surface area contributed by atoms with Crippen LogP contribution in [0.15, 0.2) is 85.1 Å². The summed E-state index contributed by atoms with van der Waals surface area (Å²) >= 11 is 0. The van der Waals surface area contributed by atoms with Crippen LogP contribution in [0.2, 0.25) is 0 Å². The first-order chi connectivity index (χ1) is 16.4. The fraction of sp³-hybridized carbons (Fsp3) is 0.148. The summed E-state index contributed by atoms with van der Waals surface area (Å²) in [6.07, 6.45) is 1.76. The Labute approximate surface area is 197 Å². The minimum Gasteiger partial charge on any atom is -0.452 e. The first kappa shape index (κ1) is 22.8. The van der Waals surface area contributed by atoms with Crippen molar-refractivity contribution in [2.24, 2.45) is 0 Å². The highest BCUT2D eigenvalue weighted by Gasteiger charge is 2.18. The number of anilines is 1. The molecule has 3 aromatic carbocycles. The maximum Gasteiger partial charge on any atom is 0.340 e. The fourth-order valence-electron chi connectivity index (χ4n) is 3.68. The number of aromatic nitrogens is 1. The number of amides is 2. The summed E-state index contributed by atoms with van der Waals surface area (Å²) in [5.41, 5.74) is 3.46. The van der Waals surface area contributed by atoms with Crippen molar-refractivity contribution >= 4 is 34.4 Å². The Balaban J connectivity index is 1.41. The molecule has 4 aromatic rings. The van der Waals surface area contributed by atoms with E-state index in [1.54, 1.807) is 44.6 Å². The van der Waals surface area contributed by atoms with Gasteiger partial charge in [-0.2, -0.15) is 0 Å². The molecule has 0 aliphatic carbocycles. The Bertz CT molecular complexity index is 1330. The molecular formula is C27H25N3O4. The second kappa shape index (κ2) is 10.0. The Kier molecular flexibility index (Phi) is 6.73. The van der Waals surface area contributed by atoms with Crippen molar-refractivity contribution in [3.05, 3.63) is 102 Å². The molecule has 0 saturated carbocycles. The predicted molar refractivity (Wildman–Crippen MR) is 131 cm³/mol. The van der Waals surface area contributed by atoms with E-state index in [9.17, 15) is 14.4 Å². The van der Waals surface area contributed by atoms with Gasteiger partial charge in [-0.3, -0.25) is 9.59 Å². The van der Waals surface area contributed by atoms with Crippen LogP contribution in [0.1, 0.15) is 26.3 Å². The van der Waals surface area contributed by atoms with Crippen LogP contribution in [-0.4, -0.2) is 48.0 Å². The van der Waals surface area contributed by atoms with E-state index in [1.807, 2.05) is 59.2 Å². The summed E-state index contributed by atoms with van der Waals surface area (Å²) < 4.78 is 7.30. The van der Waals surface area contributed by atoms with E-state index >= 15 is 0 Å². The molecule has 7 heteroatoms. The lowest BCUT2D eigenvalue weighted by Gasteiger charge is -2.11. The molecule has 0 radical (unpaired) electrons. The number of para-hydroxylation sites is 1. The molecule has 0 fully saturated rings. The van der Waals surface area contributed by atoms with Crippen molar-refractivity contribution in [3.63, 3.8) is 0 Å². The molecule has 1 heterocycles. The molecule has 0 aliphatic rings. The highest BCUT2D eigenvalue weighted by Crippen LogP contribution is 2.23. The van der Waals surface area contributed by atoms with Gasteiger partial charge in [0.05, 0.1) is 5.56 Å². The second-order valence-electron chi connectivity index (χ2n) is 8.07. The maximum absolute atomic E-state index is 12.8. The topological polar surface area (TPSA) is 80.6 Å². The molecule has 1 aromatic heterocycles. The van der Waals surface area contributed by atoms with Gasteiger partial charge in [0, 0.05) is 49.0 Å². The molecule has 34 heavy (non-hydrogen) atoms. The summed E-state index contributed by atoms with van der Waals surface area (Å²) in [6.45, 7) is 0.191. The second-order valence-corrected chi connectivity index (χ2v) is 8.07. The summed E-state index contributed by atoms with van der Waals surface area (Å²) in [7, 11) is 3.34. The van der Waals surface area contributed by atoms with Gasteiger partial charge >= 0.3 is 5.97 Å². The Morgan fingerprint density at radius 1 is 0.882 bits per heavy atom. The third kappa shape index (κ3) is 5.15. The van der Waals surface area contributed by atoms with Crippen LogP contribution in [0.3, 0.4) is 0 Å². The van der Waals surface area contributed by atoms with Gasteiger partial charge in [-0.05, 0) is 35.9 Å². The van der Waals surface area contributed by atoms with E-state index in [4.69, 9.17) is 4.74 Å². The van der Waals surface area contributed by atoms with Gasteiger partial charge in [-0.15, -0.1) is 0 Å². The molecule has 7 nitrogen and oxygen atoms in total. The summed E-state index contributed by atoms with van der Waals surface area (Å²) in [5, 5.41) is 3.44. The van der Waals surface area contributed by atoms with Crippen molar-refractivity contribution < 1.29 is 19.1 Å². The number of nitrogens with one attached hydrogen (secondary N) is 1. The van der Waals surface area contributed by atoms with Gasteiger partial charge in [0.1, 0.15) is 0 Å². The van der Waals surface area contributed by atoms with Crippen molar-refractivity contribution in [1.82, 2.24) is 9.47 Å². The predicted octanol–water partition coefficient (Wildman–Crippen LogP) is 4.19. The molecule has 4 rings (SSSR count). The third-order valence-electron chi connectivity index (χ3n) is 5.36. The average molecular weight is 456 g/mol. The van der Waals surface area contributed by atoms with Gasteiger partial charge in [-0.25, -0.2) is 4.79 Å². The molecule has 2 amide bonds. The molecule has 0 aliphatic heterocycles. The van der Waals surface area contributed by atoms with E-state index < -0.39 is 18.5 Å². The quantitative estimate of drug-likeness (QED) is 0.424. The van der Waals surface area contributed by atoms with Crippen LogP contribution >= 0.6 is 0 Å². The largest absolute Gasteiger partial charge is 0.452 e. The van der Waals surface area contributed by atoms with E-state index in [1.165, 1.54) is 4.90 Å². The number of ether oxygens (including phenoxy) is 1. The first-order valence-electron chi connectivity index (χ1n) is 10.8. The van der Waals surface area contributed by atoms with Crippen LogP contribution in [0.5, 0.6) is 0 Å². The van der Waals surface area contributed by atoms with Crippen LogP contribution in [-0.2, 0) is 16.1 Å². The van der Waals surface area contributed by atoms with Gasteiger partial charge in [0.2, 0.25) is 0 Å². The zero-order valence-corrected chi connectivity index (χ0v) is 19.0. The summed E-state index contributed by atoms with van der Waals surface area (Å²) in [4.78, 5) is 38.6. The van der Waals surface area contributed by atoms with Gasteiger partial charge in [0.25, 0.3) is 11.8 Å². The van der Waals surface area contributed by atoms with Crippen LogP contribution in [0.4, 0.5) is 5.69 Å². The lowest BCUT2D eigenvalue weighted by atomic mass is 10.2. The number of hydrogen-bond acceptors (Lipinski definition) is 4. The van der Waals surface area contributed by atoms with Crippen molar-refractivity contribution in [2.75, 3.05) is 26.0 Å². The summed E-state index contributed by atoms with van der Waals surface area (Å²) in [6, 6.07) is 24.1. The smallest absolute Gasteiger partial charge is 0.340 e. The molecule has 1 N–H and O–H groups in total. The minimum absolute atomic E-state index is 0.127. The van der Waals surface area contributed by atoms with Gasteiger partial charge < -0.3 is 19.5 Å². The van der Waals surface area contributed by atoms with E-state index in [0.29, 0.717) is 23.4 Å². The van der Waals surface area contributed by atoms with Crippen molar-refractivity contribution in [3.8, 4) is 0 Å². The van der Waals surface area contributed by atoms with E-state index in [0.717, 1.165) is 16.5 Å². The first-order valence-corrected chi connectivity index (χ1v) is 10.8. The van der Waals surface area contributed by atoms with Gasteiger partial charge in [-0.1, -0.05) is 48.5 Å². The lowest BCUT2D eigenvalue weighted by Crippen LogP contribution is -2.22. The molecule has 172 valence electrons. The number of nitrogens with zero attached hydrogens (tertiary/aromatic N) is 2. The number of carbonyl (C=O) groups excluding carboxylic acids is 3. The molecular weight excluding hydrogens is 430 g/mol. The van der Waals surface area contributed by atoms with Crippen LogP contribution in [0.25, 0.3) is 10.9 Å². The minimum atomic E-state index is -0.565. The van der Waals surface area contributed by atoms with Crippen LogP contribution in [0, 0.1) is 0 Å². The fourth-order valence-corrected chi connectivity index (χ4v) is 3.68. The lowest BCUT2D eigenvalue weighted by molar-refractivity contribution is -0.119. The molecule has 0 atom stereocenters. The maximum atomic E-state index is 12.8. The number of esters is 1. The Morgan fingerprint density at radius 3 is 2.26 bits per heavy atom. The highest BCUT2D eigenvalue weighted by molar-refractivity contribution is 6.05. The standard InChI is InChI=1S/C27H25N3O4/c1-29(2)26(32)20-12-14-21(15-13-20)28-25(31)18-34-27(33)23-17-30(16-19-8-4-3-5-9-19)24-11-7-6-10-22(23)24/h3-15,17H,16,18H2,1-2H3,(H,28,31). The third-order valence-corrected chi connectivity index (χ3v) is 5.36. The van der Waals surface area contributed by atoms with Crippen molar-refractivity contribution in [2.45, 2.75) is 6.54 Å². The number of hydrogen-bond donors (Lipinski definition) is 1. The number of rotatable bonds is 7.